The Morgan fingerprint density at radius 3 is 2.45 bits per heavy atom. The number of aliphatic hydroxyl groups excluding tert-OH is 1. The molecule has 0 saturated heterocycles. The van der Waals surface area contributed by atoms with Crippen LogP contribution in [0.4, 0.5) is 4.79 Å². The molecule has 2 atom stereocenters. The van der Waals surface area contributed by atoms with Gasteiger partial charge in [-0.15, -0.1) is 11.6 Å². The third-order valence-electron chi connectivity index (χ3n) is 3.64. The first-order chi connectivity index (χ1) is 9.31. The summed E-state index contributed by atoms with van der Waals surface area (Å²) in [5.74, 6) is 0.675. The Labute approximate surface area is 127 Å². The number of alkyl halides is 1. The molecule has 2 N–H and O–H groups in total. The van der Waals surface area contributed by atoms with E-state index < -0.39 is 17.8 Å². The van der Waals surface area contributed by atoms with E-state index in [9.17, 15) is 9.90 Å². The fourth-order valence-corrected chi connectivity index (χ4v) is 2.88. The smallest absolute Gasteiger partial charge is 0.407 e. The minimum Gasteiger partial charge on any atom is -0.444 e. The number of ether oxygens (including phenoxy) is 1. The SMILES string of the molecule is CC(C)(C)OC(=O)NC(CC1CCCCC1)C(O)CCl. The van der Waals surface area contributed by atoms with Gasteiger partial charge < -0.3 is 15.2 Å². The molecule has 1 aliphatic rings. The highest BCUT2D eigenvalue weighted by molar-refractivity contribution is 6.18. The van der Waals surface area contributed by atoms with Crippen LogP contribution >= 0.6 is 11.6 Å². The summed E-state index contributed by atoms with van der Waals surface area (Å²) >= 11 is 5.74. The summed E-state index contributed by atoms with van der Waals surface area (Å²) in [7, 11) is 0. The van der Waals surface area contributed by atoms with Crippen LogP contribution < -0.4 is 5.32 Å². The van der Waals surface area contributed by atoms with E-state index in [0.717, 1.165) is 6.42 Å². The number of halogens is 1. The zero-order valence-corrected chi connectivity index (χ0v) is 13.6. The monoisotopic (exact) mass is 305 g/mol. The van der Waals surface area contributed by atoms with Crippen LogP contribution in [0, 0.1) is 5.92 Å². The molecule has 0 heterocycles. The number of nitrogens with one attached hydrogen (secondary N) is 1. The van der Waals surface area contributed by atoms with Gasteiger partial charge in [-0.05, 0) is 33.1 Å². The maximum absolute atomic E-state index is 11.8. The van der Waals surface area contributed by atoms with Crippen molar-refractivity contribution in [3.05, 3.63) is 0 Å². The molecule has 5 heteroatoms. The summed E-state index contributed by atoms with van der Waals surface area (Å²) < 4.78 is 5.25. The third kappa shape index (κ3) is 6.80. The first kappa shape index (κ1) is 17.6. The summed E-state index contributed by atoms with van der Waals surface area (Å²) in [6.45, 7) is 5.46. The Bertz CT molecular complexity index is 298. The second-order valence-corrected chi connectivity index (χ2v) is 7.02. The topological polar surface area (TPSA) is 58.6 Å². The van der Waals surface area contributed by atoms with Gasteiger partial charge in [0.2, 0.25) is 0 Å². The number of alkyl carbamates (subject to hydrolysis) is 1. The van der Waals surface area contributed by atoms with E-state index in [4.69, 9.17) is 16.3 Å². The van der Waals surface area contributed by atoms with Crippen molar-refractivity contribution >= 4 is 17.7 Å². The molecule has 20 heavy (non-hydrogen) atoms. The molecule has 1 fully saturated rings. The average molecular weight is 306 g/mol. The zero-order chi connectivity index (χ0) is 15.2. The second-order valence-electron chi connectivity index (χ2n) is 6.71. The summed E-state index contributed by atoms with van der Waals surface area (Å²) in [6.07, 6.45) is 5.66. The number of amides is 1. The Morgan fingerprint density at radius 2 is 1.95 bits per heavy atom. The average Bonchev–Trinajstić information content (AvgIpc) is 2.36. The minimum atomic E-state index is -0.730. The van der Waals surface area contributed by atoms with E-state index in [-0.39, 0.29) is 11.9 Å². The highest BCUT2D eigenvalue weighted by atomic mass is 35.5. The molecule has 2 unspecified atom stereocenters. The van der Waals surface area contributed by atoms with Gasteiger partial charge in [0.1, 0.15) is 5.60 Å². The summed E-state index contributed by atoms with van der Waals surface area (Å²) in [5, 5.41) is 12.8. The number of carbonyl (C=O) groups excluding carboxylic acids is 1. The van der Waals surface area contributed by atoms with Crippen molar-refractivity contribution in [2.75, 3.05) is 5.88 Å². The van der Waals surface area contributed by atoms with Crippen LogP contribution in [0.3, 0.4) is 0 Å². The van der Waals surface area contributed by atoms with Crippen LogP contribution in [0.15, 0.2) is 0 Å². The Balaban J connectivity index is 2.52. The molecular formula is C15H28ClNO3. The molecule has 0 aromatic heterocycles. The van der Waals surface area contributed by atoms with Gasteiger partial charge in [-0.25, -0.2) is 4.79 Å². The molecule has 118 valence electrons. The van der Waals surface area contributed by atoms with Gasteiger partial charge >= 0.3 is 6.09 Å². The molecular weight excluding hydrogens is 278 g/mol. The zero-order valence-electron chi connectivity index (χ0n) is 12.8. The van der Waals surface area contributed by atoms with E-state index in [1.165, 1.54) is 32.1 Å². The summed E-state index contributed by atoms with van der Waals surface area (Å²) in [4.78, 5) is 11.8. The van der Waals surface area contributed by atoms with Gasteiger partial charge in [0.05, 0.1) is 18.0 Å². The maximum atomic E-state index is 11.8. The van der Waals surface area contributed by atoms with Gasteiger partial charge in [0.15, 0.2) is 0 Å². The van der Waals surface area contributed by atoms with E-state index in [0.29, 0.717) is 5.92 Å². The number of hydrogen-bond acceptors (Lipinski definition) is 3. The molecule has 0 spiro atoms. The first-order valence-corrected chi connectivity index (χ1v) is 8.09. The lowest BCUT2D eigenvalue weighted by atomic mass is 9.84. The third-order valence-corrected chi connectivity index (χ3v) is 3.95. The molecule has 1 rings (SSSR count). The van der Waals surface area contributed by atoms with Crippen molar-refractivity contribution in [2.45, 2.75) is 77.0 Å². The van der Waals surface area contributed by atoms with Gasteiger partial charge in [-0.3, -0.25) is 0 Å². The standard InChI is InChI=1S/C15H28ClNO3/c1-15(2,3)20-14(19)17-12(13(18)10-16)9-11-7-5-4-6-8-11/h11-13,18H,4-10H2,1-3H3,(H,17,19). The Morgan fingerprint density at radius 1 is 1.35 bits per heavy atom. The number of aliphatic hydroxyl groups is 1. The summed E-state index contributed by atoms with van der Waals surface area (Å²) in [6, 6.07) is -0.328. The van der Waals surface area contributed by atoms with Crippen LogP contribution in [0.2, 0.25) is 0 Å². The molecule has 0 aliphatic heterocycles. The van der Waals surface area contributed by atoms with Gasteiger partial charge in [0, 0.05) is 0 Å². The number of rotatable bonds is 5. The fraction of sp³-hybridized carbons (Fsp3) is 0.933. The largest absolute Gasteiger partial charge is 0.444 e. The molecule has 1 amide bonds. The van der Waals surface area contributed by atoms with Crippen LogP contribution in [-0.4, -0.2) is 34.8 Å². The lowest BCUT2D eigenvalue weighted by molar-refractivity contribution is 0.0415. The van der Waals surface area contributed by atoms with Crippen molar-refractivity contribution in [1.29, 1.82) is 0 Å². The summed E-state index contributed by atoms with van der Waals surface area (Å²) in [5.41, 5.74) is -0.536. The normalized spacial score (nSPS) is 20.2. The first-order valence-electron chi connectivity index (χ1n) is 7.55. The molecule has 0 bridgehead atoms. The van der Waals surface area contributed by atoms with E-state index in [1.54, 1.807) is 0 Å². The highest BCUT2D eigenvalue weighted by Crippen LogP contribution is 2.28. The Hall–Kier alpha value is -0.480. The van der Waals surface area contributed by atoms with Crippen molar-refractivity contribution in [3.8, 4) is 0 Å². The fourth-order valence-electron chi connectivity index (χ4n) is 2.66. The van der Waals surface area contributed by atoms with E-state index in [1.807, 2.05) is 20.8 Å². The molecule has 0 aromatic rings. The van der Waals surface area contributed by atoms with Crippen molar-refractivity contribution in [2.24, 2.45) is 5.92 Å². The van der Waals surface area contributed by atoms with E-state index >= 15 is 0 Å². The van der Waals surface area contributed by atoms with Crippen LogP contribution in [-0.2, 0) is 4.74 Å². The lowest BCUT2D eigenvalue weighted by Crippen LogP contribution is -2.47. The number of hydrogen-bond donors (Lipinski definition) is 2. The van der Waals surface area contributed by atoms with Crippen molar-refractivity contribution < 1.29 is 14.6 Å². The molecule has 1 aliphatic carbocycles. The highest BCUT2D eigenvalue weighted by Gasteiger charge is 2.27. The molecule has 0 radical (unpaired) electrons. The second kappa shape index (κ2) is 8.08. The van der Waals surface area contributed by atoms with Crippen LogP contribution in [0.25, 0.3) is 0 Å². The van der Waals surface area contributed by atoms with Crippen molar-refractivity contribution in [3.63, 3.8) is 0 Å². The predicted octanol–water partition coefficient (Wildman–Crippen LogP) is 3.45. The quantitative estimate of drug-likeness (QED) is 0.765. The molecule has 1 saturated carbocycles. The lowest BCUT2D eigenvalue weighted by Gasteiger charge is -2.30. The van der Waals surface area contributed by atoms with Crippen LogP contribution in [0.5, 0.6) is 0 Å². The molecule has 0 aromatic carbocycles. The number of carbonyl (C=O) groups is 1. The van der Waals surface area contributed by atoms with Crippen LogP contribution in [0.1, 0.15) is 59.3 Å². The minimum absolute atomic E-state index is 0.118. The van der Waals surface area contributed by atoms with Crippen molar-refractivity contribution in [1.82, 2.24) is 5.32 Å². The van der Waals surface area contributed by atoms with Gasteiger partial charge in [0.25, 0.3) is 0 Å². The molecule has 4 nitrogen and oxygen atoms in total. The van der Waals surface area contributed by atoms with E-state index in [2.05, 4.69) is 5.32 Å². The van der Waals surface area contributed by atoms with Gasteiger partial charge in [-0.2, -0.15) is 0 Å². The maximum Gasteiger partial charge on any atom is 0.407 e. The van der Waals surface area contributed by atoms with Gasteiger partial charge in [-0.1, -0.05) is 32.1 Å². The Kier molecular flexibility index (Phi) is 7.10. The predicted molar refractivity (Wildman–Crippen MR) is 81.1 cm³/mol.